The first kappa shape index (κ1) is 32.9. The van der Waals surface area contributed by atoms with Crippen LogP contribution in [0.4, 0.5) is 0 Å². The van der Waals surface area contributed by atoms with Crippen LogP contribution < -0.4 is 21.3 Å². The van der Waals surface area contributed by atoms with E-state index < -0.39 is 59.9 Å². The number of cyclic esters (lactones) is 1. The zero-order valence-corrected chi connectivity index (χ0v) is 25.2. The number of benzene rings is 3. The van der Waals surface area contributed by atoms with Gasteiger partial charge >= 0.3 is 5.97 Å². The van der Waals surface area contributed by atoms with Gasteiger partial charge in [0.2, 0.25) is 17.7 Å². The van der Waals surface area contributed by atoms with Crippen molar-refractivity contribution in [3.8, 4) is 0 Å². The molecule has 3 aromatic rings. The van der Waals surface area contributed by atoms with Crippen LogP contribution in [-0.2, 0) is 41.7 Å². The molecule has 4 amide bonds. The van der Waals surface area contributed by atoms with Crippen LogP contribution in [0, 0.1) is 0 Å². The maximum Gasteiger partial charge on any atom is 0.328 e. The predicted octanol–water partition coefficient (Wildman–Crippen LogP) is 2.05. The fourth-order valence-corrected chi connectivity index (χ4v) is 4.73. The van der Waals surface area contributed by atoms with E-state index in [0.29, 0.717) is 12.0 Å². The molecular weight excluding hydrogens is 576 g/mol. The highest BCUT2D eigenvalue weighted by Gasteiger charge is 2.33. The summed E-state index contributed by atoms with van der Waals surface area (Å²) in [6, 6.07) is 22.9. The number of amides is 4. The van der Waals surface area contributed by atoms with Crippen LogP contribution in [0.5, 0.6) is 0 Å². The quantitative estimate of drug-likeness (QED) is 0.203. The minimum Gasteiger partial charge on any atom is -0.464 e. The third-order valence-corrected chi connectivity index (χ3v) is 7.35. The SMILES string of the molecule is CC(NC(=O)C(NC(=O)c1ccccc1)C(C)OCc1ccccc1)C(=O)NC(Cc1ccccc1)C(=O)NC1CCOC1=O. The average Bonchev–Trinajstić information content (AvgIpc) is 3.46. The van der Waals surface area contributed by atoms with Gasteiger partial charge in [-0.05, 0) is 37.1 Å². The molecule has 1 aliphatic heterocycles. The summed E-state index contributed by atoms with van der Waals surface area (Å²) in [6.07, 6.45) is -0.277. The third-order valence-electron chi connectivity index (χ3n) is 7.35. The summed E-state index contributed by atoms with van der Waals surface area (Å²) in [5.74, 6) is -2.82. The summed E-state index contributed by atoms with van der Waals surface area (Å²) in [5.41, 5.74) is 2.04. The van der Waals surface area contributed by atoms with E-state index in [1.807, 2.05) is 60.7 Å². The van der Waals surface area contributed by atoms with Gasteiger partial charge in [-0.2, -0.15) is 0 Å². The van der Waals surface area contributed by atoms with E-state index in [1.54, 1.807) is 37.3 Å². The molecular formula is C34H38N4O7. The van der Waals surface area contributed by atoms with Crippen molar-refractivity contribution in [2.45, 2.75) is 63.6 Å². The second-order valence-electron chi connectivity index (χ2n) is 10.8. The first-order chi connectivity index (χ1) is 21.7. The molecule has 1 aliphatic rings. The molecule has 4 N–H and O–H groups in total. The first-order valence-corrected chi connectivity index (χ1v) is 14.8. The summed E-state index contributed by atoms with van der Waals surface area (Å²) >= 11 is 0. The standard InChI is InChI=1S/C34H38N4O7/c1-22(30(39)37-28(20-24-12-6-3-7-13-24)32(41)36-27-18-19-44-34(27)43)35-33(42)29(38-31(40)26-16-10-5-11-17-26)23(2)45-21-25-14-8-4-9-15-25/h3-17,22-23,27-29H,18-21H2,1-2H3,(H,35,42)(H,36,41)(H,37,39)(H,38,40). The molecule has 0 spiro atoms. The van der Waals surface area contributed by atoms with E-state index >= 15 is 0 Å². The van der Waals surface area contributed by atoms with E-state index in [0.717, 1.165) is 11.1 Å². The van der Waals surface area contributed by atoms with Gasteiger partial charge in [-0.1, -0.05) is 78.9 Å². The molecule has 236 valence electrons. The number of esters is 1. The second kappa shape index (κ2) is 16.2. The molecule has 1 heterocycles. The Bertz CT molecular complexity index is 1450. The van der Waals surface area contributed by atoms with Crippen molar-refractivity contribution in [1.82, 2.24) is 21.3 Å². The van der Waals surface area contributed by atoms with Crippen LogP contribution in [0.15, 0.2) is 91.0 Å². The lowest BCUT2D eigenvalue weighted by Gasteiger charge is -2.27. The number of hydrogen-bond acceptors (Lipinski definition) is 7. The largest absolute Gasteiger partial charge is 0.464 e. The fraction of sp³-hybridized carbons (Fsp3) is 0.324. The minimum absolute atomic E-state index is 0.154. The molecule has 11 nitrogen and oxygen atoms in total. The third kappa shape index (κ3) is 9.73. The highest BCUT2D eigenvalue weighted by atomic mass is 16.5. The smallest absolute Gasteiger partial charge is 0.328 e. The molecule has 1 saturated heterocycles. The van der Waals surface area contributed by atoms with E-state index in [1.165, 1.54) is 6.92 Å². The lowest BCUT2D eigenvalue weighted by atomic mass is 10.0. The van der Waals surface area contributed by atoms with Crippen LogP contribution in [0.1, 0.15) is 41.8 Å². The molecule has 1 fully saturated rings. The molecule has 5 unspecified atom stereocenters. The van der Waals surface area contributed by atoms with Gasteiger partial charge in [-0.3, -0.25) is 19.2 Å². The topological polar surface area (TPSA) is 152 Å². The molecule has 4 rings (SSSR count). The van der Waals surface area contributed by atoms with Crippen molar-refractivity contribution in [3.63, 3.8) is 0 Å². The fourth-order valence-electron chi connectivity index (χ4n) is 4.73. The van der Waals surface area contributed by atoms with Crippen LogP contribution >= 0.6 is 0 Å². The predicted molar refractivity (Wildman–Crippen MR) is 166 cm³/mol. The summed E-state index contributed by atoms with van der Waals surface area (Å²) in [5, 5.41) is 10.7. The van der Waals surface area contributed by atoms with Gasteiger partial charge in [0.05, 0.1) is 19.3 Å². The molecule has 0 radical (unpaired) electrons. The summed E-state index contributed by atoms with van der Waals surface area (Å²) in [7, 11) is 0. The maximum absolute atomic E-state index is 13.5. The summed E-state index contributed by atoms with van der Waals surface area (Å²) in [4.78, 5) is 65.0. The van der Waals surface area contributed by atoms with E-state index in [4.69, 9.17) is 9.47 Å². The van der Waals surface area contributed by atoms with Crippen LogP contribution in [0.2, 0.25) is 0 Å². The van der Waals surface area contributed by atoms with Crippen molar-refractivity contribution < 1.29 is 33.4 Å². The summed E-state index contributed by atoms with van der Waals surface area (Å²) < 4.78 is 10.9. The van der Waals surface area contributed by atoms with Gasteiger partial charge in [0.1, 0.15) is 24.2 Å². The molecule has 3 aromatic carbocycles. The number of hydrogen-bond donors (Lipinski definition) is 4. The van der Waals surface area contributed by atoms with E-state index in [2.05, 4.69) is 21.3 Å². The number of nitrogens with one attached hydrogen (secondary N) is 4. The molecule has 0 aliphatic carbocycles. The van der Waals surface area contributed by atoms with Gasteiger partial charge in [0, 0.05) is 18.4 Å². The van der Waals surface area contributed by atoms with Gasteiger partial charge in [-0.15, -0.1) is 0 Å². The van der Waals surface area contributed by atoms with Crippen molar-refractivity contribution in [2.75, 3.05) is 6.61 Å². The monoisotopic (exact) mass is 614 g/mol. The van der Waals surface area contributed by atoms with Crippen LogP contribution in [0.3, 0.4) is 0 Å². The highest BCUT2D eigenvalue weighted by molar-refractivity contribution is 5.99. The Kier molecular flexibility index (Phi) is 11.8. The number of rotatable bonds is 14. The normalized spacial score (nSPS) is 16.8. The summed E-state index contributed by atoms with van der Waals surface area (Å²) in [6.45, 7) is 3.55. The lowest BCUT2D eigenvalue weighted by Crippen LogP contribution is -2.59. The van der Waals surface area contributed by atoms with Crippen molar-refractivity contribution in [1.29, 1.82) is 0 Å². The Hall–Kier alpha value is -5.03. The minimum atomic E-state index is -1.14. The highest BCUT2D eigenvalue weighted by Crippen LogP contribution is 2.11. The molecule has 0 aromatic heterocycles. The maximum atomic E-state index is 13.5. The Balaban J connectivity index is 1.44. The Labute approximate surface area is 262 Å². The zero-order valence-electron chi connectivity index (χ0n) is 25.2. The van der Waals surface area contributed by atoms with Gasteiger partial charge in [0.15, 0.2) is 0 Å². The molecule has 45 heavy (non-hydrogen) atoms. The first-order valence-electron chi connectivity index (χ1n) is 14.8. The van der Waals surface area contributed by atoms with E-state index in [9.17, 15) is 24.0 Å². The Morgan fingerprint density at radius 2 is 1.38 bits per heavy atom. The number of carbonyl (C=O) groups is 5. The van der Waals surface area contributed by atoms with Crippen molar-refractivity contribution >= 4 is 29.6 Å². The van der Waals surface area contributed by atoms with E-state index in [-0.39, 0.29) is 19.6 Å². The molecule has 11 heteroatoms. The number of carbonyl (C=O) groups excluding carboxylic acids is 5. The van der Waals surface area contributed by atoms with Crippen LogP contribution in [0.25, 0.3) is 0 Å². The zero-order chi connectivity index (χ0) is 32.2. The molecule has 0 saturated carbocycles. The van der Waals surface area contributed by atoms with Gasteiger partial charge < -0.3 is 30.7 Å². The van der Waals surface area contributed by atoms with Crippen LogP contribution in [-0.4, -0.2) is 66.5 Å². The Morgan fingerprint density at radius 1 is 0.778 bits per heavy atom. The van der Waals surface area contributed by atoms with Crippen molar-refractivity contribution in [3.05, 3.63) is 108 Å². The molecule has 5 atom stereocenters. The lowest BCUT2D eigenvalue weighted by molar-refractivity contribution is -0.141. The van der Waals surface area contributed by atoms with Gasteiger partial charge in [-0.25, -0.2) is 4.79 Å². The van der Waals surface area contributed by atoms with Gasteiger partial charge in [0.25, 0.3) is 5.91 Å². The average molecular weight is 615 g/mol. The second-order valence-corrected chi connectivity index (χ2v) is 10.8. The Morgan fingerprint density at radius 3 is 1.98 bits per heavy atom. The number of ether oxygens (including phenoxy) is 2. The molecule has 0 bridgehead atoms. The van der Waals surface area contributed by atoms with Crippen molar-refractivity contribution in [2.24, 2.45) is 0 Å².